The standard InChI is InChI=1S/C16H24BNO4/c1-15(2)16(3,4)22-17(21-15)13(18-14(19)20)11-10-12-8-6-5-7-9-12/h5-9,13,18H,10-11H2,1-4H3,(H,19,20)/t13-/m0/s1. The highest BCUT2D eigenvalue weighted by Gasteiger charge is 2.54. The molecule has 6 heteroatoms. The lowest BCUT2D eigenvalue weighted by Crippen LogP contribution is -2.47. The molecule has 1 amide bonds. The number of hydrogen-bond acceptors (Lipinski definition) is 3. The van der Waals surface area contributed by atoms with Crippen molar-refractivity contribution < 1.29 is 19.2 Å². The summed E-state index contributed by atoms with van der Waals surface area (Å²) < 4.78 is 11.9. The van der Waals surface area contributed by atoms with Crippen molar-refractivity contribution in [2.75, 3.05) is 0 Å². The van der Waals surface area contributed by atoms with Crippen LogP contribution >= 0.6 is 0 Å². The average molecular weight is 305 g/mol. The summed E-state index contributed by atoms with van der Waals surface area (Å²) >= 11 is 0. The van der Waals surface area contributed by atoms with Gasteiger partial charge >= 0.3 is 13.2 Å². The highest BCUT2D eigenvalue weighted by Crippen LogP contribution is 2.37. The second-order valence-corrected chi connectivity index (χ2v) is 6.70. The van der Waals surface area contributed by atoms with E-state index >= 15 is 0 Å². The second kappa shape index (κ2) is 6.30. The summed E-state index contributed by atoms with van der Waals surface area (Å²) in [5.74, 6) is -0.404. The lowest BCUT2D eigenvalue weighted by atomic mass is 9.75. The van der Waals surface area contributed by atoms with Crippen molar-refractivity contribution in [2.45, 2.75) is 57.7 Å². The Balaban J connectivity index is 2.05. The fourth-order valence-electron chi connectivity index (χ4n) is 2.45. The number of nitrogens with one attached hydrogen (secondary N) is 1. The van der Waals surface area contributed by atoms with Gasteiger partial charge in [0, 0.05) is 0 Å². The number of rotatable bonds is 5. The van der Waals surface area contributed by atoms with Gasteiger partial charge in [0.25, 0.3) is 0 Å². The minimum Gasteiger partial charge on any atom is -0.465 e. The molecule has 1 fully saturated rings. The Morgan fingerprint density at radius 3 is 2.23 bits per heavy atom. The third-order valence-corrected chi connectivity index (χ3v) is 4.50. The van der Waals surface area contributed by atoms with E-state index in [2.05, 4.69) is 5.32 Å². The number of carbonyl (C=O) groups is 1. The molecule has 0 radical (unpaired) electrons. The van der Waals surface area contributed by atoms with E-state index in [1.54, 1.807) is 0 Å². The molecule has 0 saturated carbocycles. The molecule has 0 spiro atoms. The maximum atomic E-state index is 11.1. The third kappa shape index (κ3) is 3.81. The third-order valence-electron chi connectivity index (χ3n) is 4.50. The Bertz CT molecular complexity index is 502. The molecule has 0 aliphatic carbocycles. The smallest absolute Gasteiger partial charge is 0.465 e. The predicted octanol–water partition coefficient (Wildman–Crippen LogP) is 2.89. The highest BCUT2D eigenvalue weighted by atomic mass is 16.7. The van der Waals surface area contributed by atoms with Crippen molar-refractivity contribution >= 4 is 13.2 Å². The van der Waals surface area contributed by atoms with Crippen LogP contribution in [0.15, 0.2) is 30.3 Å². The first-order chi connectivity index (χ1) is 10.2. The van der Waals surface area contributed by atoms with Crippen LogP contribution in [-0.2, 0) is 15.7 Å². The van der Waals surface area contributed by atoms with Crippen LogP contribution in [0.2, 0.25) is 0 Å². The molecule has 5 nitrogen and oxygen atoms in total. The van der Waals surface area contributed by atoms with Crippen molar-refractivity contribution in [3.63, 3.8) is 0 Å². The Morgan fingerprint density at radius 2 is 1.73 bits per heavy atom. The molecule has 1 aliphatic heterocycles. The molecule has 0 aromatic heterocycles. The van der Waals surface area contributed by atoms with Gasteiger partial charge < -0.3 is 19.7 Å². The molecule has 2 rings (SSSR count). The van der Waals surface area contributed by atoms with Crippen molar-refractivity contribution in [3.8, 4) is 0 Å². The van der Waals surface area contributed by atoms with Crippen molar-refractivity contribution in [2.24, 2.45) is 0 Å². The Labute approximate surface area is 132 Å². The summed E-state index contributed by atoms with van der Waals surface area (Å²) in [6, 6.07) is 9.97. The molecule has 22 heavy (non-hydrogen) atoms. The van der Waals surface area contributed by atoms with Crippen LogP contribution in [0, 0.1) is 0 Å². The van der Waals surface area contributed by atoms with Gasteiger partial charge in [0.1, 0.15) is 0 Å². The van der Waals surface area contributed by atoms with E-state index in [9.17, 15) is 4.79 Å². The summed E-state index contributed by atoms with van der Waals surface area (Å²) in [5, 5.41) is 11.6. The normalized spacial score (nSPS) is 20.6. The van der Waals surface area contributed by atoms with Gasteiger partial charge in [0.05, 0.1) is 17.1 Å². The molecule has 0 bridgehead atoms. The molecule has 1 atom stereocenters. The largest absolute Gasteiger partial charge is 0.482 e. The zero-order valence-electron chi connectivity index (χ0n) is 13.6. The number of carboxylic acid groups (broad SMARTS) is 1. The molecule has 0 unspecified atom stereocenters. The summed E-state index contributed by atoms with van der Waals surface area (Å²) in [6.07, 6.45) is 0.316. The fraction of sp³-hybridized carbons (Fsp3) is 0.562. The Kier molecular flexibility index (Phi) is 4.82. The van der Waals surface area contributed by atoms with Crippen molar-refractivity contribution in [1.29, 1.82) is 0 Å². The SMILES string of the molecule is CC1(C)OB([C@H](CCc2ccccc2)NC(=O)O)OC1(C)C. The van der Waals surface area contributed by atoms with Gasteiger partial charge in [-0.1, -0.05) is 30.3 Å². The van der Waals surface area contributed by atoms with Crippen LogP contribution in [-0.4, -0.2) is 35.5 Å². The van der Waals surface area contributed by atoms with Gasteiger partial charge in [-0.25, -0.2) is 4.79 Å². The zero-order valence-corrected chi connectivity index (χ0v) is 13.6. The highest BCUT2D eigenvalue weighted by molar-refractivity contribution is 6.47. The minimum atomic E-state index is -1.06. The number of benzene rings is 1. The van der Waals surface area contributed by atoms with Crippen LogP contribution in [0.3, 0.4) is 0 Å². The molecule has 1 aliphatic rings. The predicted molar refractivity (Wildman–Crippen MR) is 85.8 cm³/mol. The van der Waals surface area contributed by atoms with Gasteiger partial charge in [0.2, 0.25) is 0 Å². The molecule has 1 aromatic rings. The Morgan fingerprint density at radius 1 is 1.18 bits per heavy atom. The topological polar surface area (TPSA) is 67.8 Å². The van der Waals surface area contributed by atoms with Gasteiger partial charge in [0.15, 0.2) is 0 Å². The lowest BCUT2D eigenvalue weighted by molar-refractivity contribution is 0.00578. The maximum Gasteiger partial charge on any atom is 0.482 e. The quantitative estimate of drug-likeness (QED) is 0.821. The molecular formula is C16H24BNO4. The van der Waals surface area contributed by atoms with Crippen LogP contribution in [0.5, 0.6) is 0 Å². The summed E-state index contributed by atoms with van der Waals surface area (Å²) in [6.45, 7) is 7.84. The van der Waals surface area contributed by atoms with Crippen LogP contribution in [0.1, 0.15) is 39.7 Å². The molecule has 1 saturated heterocycles. The van der Waals surface area contributed by atoms with Crippen LogP contribution in [0.25, 0.3) is 0 Å². The molecule has 1 aromatic carbocycles. The van der Waals surface area contributed by atoms with Crippen LogP contribution in [0.4, 0.5) is 4.79 Å². The van der Waals surface area contributed by atoms with E-state index in [4.69, 9.17) is 14.4 Å². The van der Waals surface area contributed by atoms with Gasteiger partial charge in [-0.3, -0.25) is 0 Å². The average Bonchev–Trinajstić information content (AvgIpc) is 2.64. The molecule has 120 valence electrons. The van der Waals surface area contributed by atoms with Gasteiger partial charge in [-0.15, -0.1) is 0 Å². The lowest BCUT2D eigenvalue weighted by Gasteiger charge is -2.32. The number of aryl methyl sites for hydroxylation is 1. The summed E-state index contributed by atoms with van der Waals surface area (Å²) in [5.41, 5.74) is 0.224. The van der Waals surface area contributed by atoms with E-state index in [0.717, 1.165) is 12.0 Å². The van der Waals surface area contributed by atoms with E-state index in [1.807, 2.05) is 58.0 Å². The first kappa shape index (κ1) is 16.8. The van der Waals surface area contributed by atoms with Gasteiger partial charge in [-0.05, 0) is 46.1 Å². The van der Waals surface area contributed by atoms with E-state index in [0.29, 0.717) is 6.42 Å². The summed E-state index contributed by atoms with van der Waals surface area (Å²) in [4.78, 5) is 11.1. The number of hydrogen-bond donors (Lipinski definition) is 2. The van der Waals surface area contributed by atoms with E-state index in [1.165, 1.54) is 0 Å². The molecular weight excluding hydrogens is 281 g/mol. The molecule has 1 heterocycles. The maximum absolute atomic E-state index is 11.1. The van der Waals surface area contributed by atoms with Crippen molar-refractivity contribution in [3.05, 3.63) is 35.9 Å². The molecule has 2 N–H and O–H groups in total. The number of amides is 1. The van der Waals surface area contributed by atoms with Crippen LogP contribution < -0.4 is 5.32 Å². The summed E-state index contributed by atoms with van der Waals surface area (Å²) in [7, 11) is -0.579. The fourth-order valence-corrected chi connectivity index (χ4v) is 2.45. The first-order valence-electron chi connectivity index (χ1n) is 7.60. The van der Waals surface area contributed by atoms with Gasteiger partial charge in [-0.2, -0.15) is 0 Å². The second-order valence-electron chi connectivity index (χ2n) is 6.70. The monoisotopic (exact) mass is 305 g/mol. The van der Waals surface area contributed by atoms with Crippen molar-refractivity contribution in [1.82, 2.24) is 5.32 Å². The van der Waals surface area contributed by atoms with E-state index < -0.39 is 30.4 Å². The first-order valence-corrected chi connectivity index (χ1v) is 7.60. The van der Waals surface area contributed by atoms with E-state index in [-0.39, 0.29) is 0 Å². The Hall–Kier alpha value is -1.53. The minimum absolute atomic E-state index is 0.404. The zero-order chi connectivity index (χ0) is 16.4.